The van der Waals surface area contributed by atoms with Crippen LogP contribution in [0.2, 0.25) is 0 Å². The Hall–Kier alpha value is -4.53. The highest BCUT2D eigenvalue weighted by Crippen LogP contribution is 2.26. The lowest BCUT2D eigenvalue weighted by molar-refractivity contribution is -0.123. The van der Waals surface area contributed by atoms with Gasteiger partial charge in [0.15, 0.2) is 18.1 Å². The molecule has 34 heavy (non-hydrogen) atoms. The number of para-hydroxylation sites is 3. The van der Waals surface area contributed by atoms with Crippen molar-refractivity contribution in [2.75, 3.05) is 25.6 Å². The predicted molar refractivity (Wildman–Crippen MR) is 126 cm³/mol. The molecule has 0 aliphatic carbocycles. The van der Waals surface area contributed by atoms with Crippen molar-refractivity contribution in [2.45, 2.75) is 6.92 Å². The average molecular weight is 463 g/mol. The number of methoxy groups -OCH3 is 1. The Morgan fingerprint density at radius 2 is 1.41 bits per heavy atom. The number of carbonyl (C=O) groups is 3. The summed E-state index contributed by atoms with van der Waals surface area (Å²) in [7, 11) is 1.54. The van der Waals surface area contributed by atoms with Crippen LogP contribution in [0.15, 0.2) is 72.8 Å². The molecule has 0 bridgehead atoms. The Morgan fingerprint density at radius 1 is 0.765 bits per heavy atom. The first-order chi connectivity index (χ1) is 16.5. The number of amides is 3. The van der Waals surface area contributed by atoms with E-state index in [1.807, 2.05) is 6.92 Å². The van der Waals surface area contributed by atoms with Crippen molar-refractivity contribution < 1.29 is 28.6 Å². The van der Waals surface area contributed by atoms with Gasteiger partial charge in [0.1, 0.15) is 5.75 Å². The molecule has 0 heterocycles. The smallest absolute Gasteiger partial charge is 0.276 e. The molecule has 0 aliphatic rings. The molecule has 3 amide bonds. The first-order valence-electron chi connectivity index (χ1n) is 10.5. The van der Waals surface area contributed by atoms with Crippen LogP contribution in [0.3, 0.4) is 0 Å². The SMILES string of the molecule is CCOc1ccccc1OCC(=O)NNC(=O)c1ccccc1NC(=O)c1ccc(OC)cc1. The number of hydrazine groups is 1. The van der Waals surface area contributed by atoms with Gasteiger partial charge in [0.2, 0.25) is 0 Å². The van der Waals surface area contributed by atoms with Crippen molar-refractivity contribution >= 4 is 23.4 Å². The standard InChI is InChI=1S/C25H25N3O6/c1-3-33-21-10-6-7-11-22(21)34-16-23(29)27-28-25(31)19-8-4-5-9-20(19)26-24(30)17-12-14-18(32-2)15-13-17/h4-15H,3,16H2,1-2H3,(H,26,30)(H,27,29)(H,28,31). The van der Waals surface area contributed by atoms with Gasteiger partial charge in [-0.25, -0.2) is 0 Å². The highest BCUT2D eigenvalue weighted by atomic mass is 16.5. The van der Waals surface area contributed by atoms with Gasteiger partial charge in [-0.1, -0.05) is 24.3 Å². The summed E-state index contributed by atoms with van der Waals surface area (Å²) in [6.45, 7) is 1.97. The van der Waals surface area contributed by atoms with Crippen molar-refractivity contribution in [3.05, 3.63) is 83.9 Å². The zero-order chi connectivity index (χ0) is 24.3. The zero-order valence-electron chi connectivity index (χ0n) is 18.8. The van der Waals surface area contributed by atoms with Crippen LogP contribution >= 0.6 is 0 Å². The Morgan fingerprint density at radius 3 is 2.09 bits per heavy atom. The maximum absolute atomic E-state index is 12.6. The fraction of sp³-hybridized carbons (Fsp3) is 0.160. The lowest BCUT2D eigenvalue weighted by Gasteiger charge is -2.13. The molecule has 0 radical (unpaired) electrons. The van der Waals surface area contributed by atoms with Crippen LogP contribution in [0.1, 0.15) is 27.6 Å². The summed E-state index contributed by atoms with van der Waals surface area (Å²) in [6.07, 6.45) is 0. The lowest BCUT2D eigenvalue weighted by Crippen LogP contribution is -2.44. The Labute approximate surface area is 197 Å². The van der Waals surface area contributed by atoms with Crippen LogP contribution in [-0.4, -0.2) is 38.0 Å². The number of anilines is 1. The van der Waals surface area contributed by atoms with Gasteiger partial charge in [0, 0.05) is 5.56 Å². The fourth-order valence-electron chi connectivity index (χ4n) is 2.94. The number of rotatable bonds is 9. The molecule has 176 valence electrons. The number of hydrogen-bond acceptors (Lipinski definition) is 6. The Balaban J connectivity index is 1.57. The second kappa shape index (κ2) is 11.9. The number of ether oxygens (including phenoxy) is 3. The molecule has 3 aromatic rings. The van der Waals surface area contributed by atoms with Gasteiger partial charge in [-0.15, -0.1) is 0 Å². The van der Waals surface area contributed by atoms with Crippen molar-refractivity contribution in [1.82, 2.24) is 10.9 Å². The maximum Gasteiger partial charge on any atom is 0.276 e. The van der Waals surface area contributed by atoms with Crippen LogP contribution < -0.4 is 30.4 Å². The van der Waals surface area contributed by atoms with E-state index >= 15 is 0 Å². The topological polar surface area (TPSA) is 115 Å². The highest BCUT2D eigenvalue weighted by Gasteiger charge is 2.15. The third kappa shape index (κ3) is 6.49. The fourth-order valence-corrected chi connectivity index (χ4v) is 2.94. The van der Waals surface area contributed by atoms with E-state index in [9.17, 15) is 14.4 Å². The van der Waals surface area contributed by atoms with E-state index in [-0.39, 0.29) is 17.9 Å². The zero-order valence-corrected chi connectivity index (χ0v) is 18.8. The van der Waals surface area contributed by atoms with E-state index in [1.165, 1.54) is 13.2 Å². The first-order valence-corrected chi connectivity index (χ1v) is 10.5. The largest absolute Gasteiger partial charge is 0.497 e. The second-order valence-corrected chi connectivity index (χ2v) is 6.90. The van der Waals surface area contributed by atoms with Gasteiger partial charge in [0.25, 0.3) is 17.7 Å². The van der Waals surface area contributed by atoms with Crippen molar-refractivity contribution in [2.24, 2.45) is 0 Å². The molecular weight excluding hydrogens is 438 g/mol. The first kappa shape index (κ1) is 24.1. The molecule has 3 aromatic carbocycles. The quantitative estimate of drug-likeness (QED) is 0.420. The molecule has 0 spiro atoms. The molecule has 9 heteroatoms. The predicted octanol–water partition coefficient (Wildman–Crippen LogP) is 3.19. The minimum absolute atomic E-state index is 0.173. The monoisotopic (exact) mass is 463 g/mol. The van der Waals surface area contributed by atoms with E-state index in [0.717, 1.165) is 0 Å². The molecule has 0 saturated carbocycles. The van der Waals surface area contributed by atoms with E-state index in [0.29, 0.717) is 29.4 Å². The van der Waals surface area contributed by atoms with E-state index in [4.69, 9.17) is 14.2 Å². The third-order valence-corrected chi connectivity index (χ3v) is 4.60. The van der Waals surface area contributed by atoms with Crippen LogP contribution in [0.25, 0.3) is 0 Å². The van der Waals surface area contributed by atoms with Gasteiger partial charge in [-0.05, 0) is 55.5 Å². The number of carbonyl (C=O) groups excluding carboxylic acids is 3. The molecule has 0 aromatic heterocycles. The van der Waals surface area contributed by atoms with Crippen molar-refractivity contribution in [3.63, 3.8) is 0 Å². The van der Waals surface area contributed by atoms with Gasteiger partial charge in [0.05, 0.1) is 25.0 Å². The normalized spacial score (nSPS) is 10.1. The Kier molecular flexibility index (Phi) is 8.45. The Bertz CT molecular complexity index is 1150. The number of hydrogen-bond donors (Lipinski definition) is 3. The molecule has 0 unspecified atom stereocenters. The second-order valence-electron chi connectivity index (χ2n) is 6.90. The molecule has 0 fully saturated rings. The molecule has 9 nitrogen and oxygen atoms in total. The summed E-state index contributed by atoms with van der Waals surface area (Å²) in [5.74, 6) is -0.0143. The lowest BCUT2D eigenvalue weighted by atomic mass is 10.1. The molecule has 0 atom stereocenters. The minimum Gasteiger partial charge on any atom is -0.497 e. The summed E-state index contributed by atoms with van der Waals surface area (Å²) in [4.78, 5) is 37.3. The molecular formula is C25H25N3O6. The summed E-state index contributed by atoms with van der Waals surface area (Å²) in [5, 5.41) is 2.71. The van der Waals surface area contributed by atoms with Gasteiger partial charge in [-0.2, -0.15) is 0 Å². The summed E-state index contributed by atoms with van der Waals surface area (Å²) in [6, 6.07) is 20.0. The number of nitrogens with one attached hydrogen (secondary N) is 3. The summed E-state index contributed by atoms with van der Waals surface area (Å²) < 4.78 is 16.0. The maximum atomic E-state index is 12.6. The van der Waals surface area contributed by atoms with Crippen LogP contribution in [-0.2, 0) is 4.79 Å². The third-order valence-electron chi connectivity index (χ3n) is 4.60. The van der Waals surface area contributed by atoms with Crippen LogP contribution in [0.5, 0.6) is 17.2 Å². The van der Waals surface area contributed by atoms with E-state index in [1.54, 1.807) is 66.7 Å². The van der Waals surface area contributed by atoms with Crippen molar-refractivity contribution in [1.29, 1.82) is 0 Å². The van der Waals surface area contributed by atoms with Crippen molar-refractivity contribution in [3.8, 4) is 17.2 Å². The van der Waals surface area contributed by atoms with Crippen LogP contribution in [0, 0.1) is 0 Å². The molecule has 0 saturated heterocycles. The van der Waals surface area contributed by atoms with Gasteiger partial charge in [-0.3, -0.25) is 25.2 Å². The van der Waals surface area contributed by atoms with Crippen LogP contribution in [0.4, 0.5) is 5.69 Å². The van der Waals surface area contributed by atoms with Gasteiger partial charge < -0.3 is 19.5 Å². The van der Waals surface area contributed by atoms with E-state index in [2.05, 4.69) is 16.2 Å². The highest BCUT2D eigenvalue weighted by molar-refractivity contribution is 6.09. The average Bonchev–Trinajstić information content (AvgIpc) is 2.87. The minimum atomic E-state index is -0.603. The molecule has 3 rings (SSSR count). The number of benzene rings is 3. The molecule has 0 aliphatic heterocycles. The van der Waals surface area contributed by atoms with E-state index < -0.39 is 17.7 Å². The van der Waals surface area contributed by atoms with Gasteiger partial charge >= 0.3 is 0 Å². The molecule has 3 N–H and O–H groups in total. The summed E-state index contributed by atoms with van der Waals surface area (Å²) >= 11 is 0. The summed E-state index contributed by atoms with van der Waals surface area (Å²) in [5.41, 5.74) is 5.48.